The fourth-order valence-corrected chi connectivity index (χ4v) is 3.14. The molecular formula is C16H14ClIN2O. The molecule has 2 N–H and O–H groups in total. The molecular weight excluding hydrogens is 399 g/mol. The molecule has 0 aliphatic carbocycles. The highest BCUT2D eigenvalue weighted by molar-refractivity contribution is 14.1. The zero-order valence-electron chi connectivity index (χ0n) is 11.3. The molecule has 108 valence electrons. The van der Waals surface area contributed by atoms with Crippen molar-refractivity contribution in [3.05, 3.63) is 61.7 Å². The first-order valence-corrected chi connectivity index (χ1v) is 8.12. The Balaban J connectivity index is 1.85. The van der Waals surface area contributed by atoms with E-state index in [1.165, 1.54) is 5.56 Å². The number of halogens is 2. The molecule has 1 heterocycles. The van der Waals surface area contributed by atoms with Gasteiger partial charge < -0.3 is 10.6 Å². The Morgan fingerprint density at radius 1 is 1.29 bits per heavy atom. The number of carbonyl (C=O) groups is 1. The maximum atomic E-state index is 12.6. The number of nitrogens with two attached hydrogens (primary N) is 1. The first kappa shape index (κ1) is 14.7. The highest BCUT2D eigenvalue weighted by atomic mass is 127. The lowest BCUT2D eigenvalue weighted by Gasteiger charge is -2.29. The number of nitrogen functional groups attached to an aromatic ring is 1. The Hall–Kier alpha value is -1.27. The third-order valence-electron chi connectivity index (χ3n) is 3.76. The van der Waals surface area contributed by atoms with Gasteiger partial charge >= 0.3 is 0 Å². The summed E-state index contributed by atoms with van der Waals surface area (Å²) in [5.41, 5.74) is 9.74. The van der Waals surface area contributed by atoms with Crippen LogP contribution in [0.3, 0.4) is 0 Å². The molecule has 1 aliphatic rings. The van der Waals surface area contributed by atoms with Crippen LogP contribution in [-0.2, 0) is 13.0 Å². The molecule has 0 saturated heterocycles. The van der Waals surface area contributed by atoms with E-state index < -0.39 is 0 Å². The molecule has 0 unspecified atom stereocenters. The van der Waals surface area contributed by atoms with E-state index in [1.807, 2.05) is 35.2 Å². The van der Waals surface area contributed by atoms with Gasteiger partial charge in [0.2, 0.25) is 0 Å². The molecule has 0 bridgehead atoms. The van der Waals surface area contributed by atoms with Crippen molar-refractivity contribution in [2.24, 2.45) is 0 Å². The largest absolute Gasteiger partial charge is 0.398 e. The van der Waals surface area contributed by atoms with Gasteiger partial charge in [0.1, 0.15) is 0 Å². The van der Waals surface area contributed by atoms with Crippen molar-refractivity contribution >= 4 is 45.8 Å². The van der Waals surface area contributed by atoms with Crippen LogP contribution in [0.1, 0.15) is 21.5 Å². The number of nitrogens with zero attached hydrogens (tertiary/aromatic N) is 1. The third kappa shape index (κ3) is 2.87. The summed E-state index contributed by atoms with van der Waals surface area (Å²) in [7, 11) is 0. The van der Waals surface area contributed by atoms with Crippen LogP contribution in [-0.4, -0.2) is 17.4 Å². The first-order valence-electron chi connectivity index (χ1n) is 6.67. The van der Waals surface area contributed by atoms with Crippen LogP contribution in [0, 0.1) is 3.57 Å². The van der Waals surface area contributed by atoms with Crippen molar-refractivity contribution in [3.8, 4) is 0 Å². The molecule has 3 nitrogen and oxygen atoms in total. The van der Waals surface area contributed by atoms with E-state index in [1.54, 1.807) is 6.07 Å². The van der Waals surface area contributed by atoms with Gasteiger partial charge in [0, 0.05) is 27.9 Å². The fraction of sp³-hybridized carbons (Fsp3) is 0.188. The van der Waals surface area contributed by atoms with E-state index in [0.717, 1.165) is 21.2 Å². The van der Waals surface area contributed by atoms with Crippen molar-refractivity contribution in [3.63, 3.8) is 0 Å². The lowest BCUT2D eigenvalue weighted by Crippen LogP contribution is -2.36. The average Bonchev–Trinajstić information content (AvgIpc) is 2.49. The number of amides is 1. The standard InChI is InChI=1S/C16H14ClIN2O/c17-13-8-10(4-5-14(13)18)16(21)20-7-6-12-11(9-20)2-1-3-15(12)19/h1-5,8H,6-7,9,19H2. The molecule has 1 aliphatic heterocycles. The quantitative estimate of drug-likeness (QED) is 0.573. The van der Waals surface area contributed by atoms with Crippen LogP contribution in [0.15, 0.2) is 36.4 Å². The highest BCUT2D eigenvalue weighted by Gasteiger charge is 2.23. The van der Waals surface area contributed by atoms with Crippen molar-refractivity contribution in [2.45, 2.75) is 13.0 Å². The second-order valence-corrected chi connectivity index (χ2v) is 6.66. The molecule has 0 fully saturated rings. The average molecular weight is 413 g/mol. The number of carbonyl (C=O) groups excluding carboxylic acids is 1. The van der Waals surface area contributed by atoms with E-state index in [2.05, 4.69) is 22.6 Å². The molecule has 0 radical (unpaired) electrons. The van der Waals surface area contributed by atoms with Crippen LogP contribution in [0.4, 0.5) is 5.69 Å². The van der Waals surface area contributed by atoms with Crippen molar-refractivity contribution in [1.82, 2.24) is 4.90 Å². The van der Waals surface area contributed by atoms with E-state index in [9.17, 15) is 4.79 Å². The van der Waals surface area contributed by atoms with Gasteiger partial charge in [-0.05, 0) is 64.4 Å². The summed E-state index contributed by atoms with van der Waals surface area (Å²) in [4.78, 5) is 14.4. The minimum atomic E-state index is 0.0152. The molecule has 2 aromatic carbocycles. The van der Waals surface area contributed by atoms with Crippen LogP contribution < -0.4 is 5.73 Å². The summed E-state index contributed by atoms with van der Waals surface area (Å²) in [6.07, 6.45) is 0.797. The maximum absolute atomic E-state index is 12.6. The van der Waals surface area contributed by atoms with Crippen LogP contribution in [0.25, 0.3) is 0 Å². The van der Waals surface area contributed by atoms with E-state index in [0.29, 0.717) is 23.7 Å². The van der Waals surface area contributed by atoms with Gasteiger partial charge in [-0.2, -0.15) is 0 Å². The summed E-state index contributed by atoms with van der Waals surface area (Å²) in [5.74, 6) is 0.0152. The first-order chi connectivity index (χ1) is 10.1. The smallest absolute Gasteiger partial charge is 0.254 e. The Bertz CT molecular complexity index is 717. The highest BCUT2D eigenvalue weighted by Crippen LogP contribution is 2.26. The summed E-state index contributed by atoms with van der Waals surface area (Å²) >= 11 is 8.26. The Morgan fingerprint density at radius 3 is 2.86 bits per heavy atom. The zero-order valence-corrected chi connectivity index (χ0v) is 14.2. The zero-order chi connectivity index (χ0) is 15.0. The predicted octanol–water partition coefficient (Wildman–Crippen LogP) is 3.73. The third-order valence-corrected chi connectivity index (χ3v) is 5.33. The summed E-state index contributed by atoms with van der Waals surface area (Å²) < 4.78 is 0.947. The lowest BCUT2D eigenvalue weighted by molar-refractivity contribution is 0.0735. The number of anilines is 1. The molecule has 21 heavy (non-hydrogen) atoms. The van der Waals surface area contributed by atoms with Gasteiger partial charge in [0.25, 0.3) is 5.91 Å². The van der Waals surface area contributed by atoms with Gasteiger partial charge in [0.15, 0.2) is 0 Å². The van der Waals surface area contributed by atoms with Crippen LogP contribution in [0.5, 0.6) is 0 Å². The Labute approximate surface area is 142 Å². The normalized spacial score (nSPS) is 13.9. The van der Waals surface area contributed by atoms with Gasteiger partial charge in [0.05, 0.1) is 5.02 Å². The van der Waals surface area contributed by atoms with Crippen molar-refractivity contribution in [2.75, 3.05) is 12.3 Å². The van der Waals surface area contributed by atoms with Gasteiger partial charge in [-0.1, -0.05) is 23.7 Å². The van der Waals surface area contributed by atoms with E-state index >= 15 is 0 Å². The molecule has 0 saturated carbocycles. The van der Waals surface area contributed by atoms with Gasteiger partial charge in [-0.25, -0.2) is 0 Å². The molecule has 0 atom stereocenters. The second kappa shape index (κ2) is 5.85. The molecule has 3 rings (SSSR count). The molecule has 0 spiro atoms. The fourth-order valence-electron chi connectivity index (χ4n) is 2.62. The van der Waals surface area contributed by atoms with Crippen molar-refractivity contribution in [1.29, 1.82) is 0 Å². The van der Waals surface area contributed by atoms with E-state index in [-0.39, 0.29) is 5.91 Å². The monoisotopic (exact) mass is 412 g/mol. The second-order valence-electron chi connectivity index (χ2n) is 5.09. The lowest BCUT2D eigenvalue weighted by atomic mass is 9.97. The van der Waals surface area contributed by atoms with Crippen molar-refractivity contribution < 1.29 is 4.79 Å². The Kier molecular flexibility index (Phi) is 4.08. The van der Waals surface area contributed by atoms with Crippen LogP contribution in [0.2, 0.25) is 5.02 Å². The molecule has 2 aromatic rings. The minimum absolute atomic E-state index is 0.0152. The minimum Gasteiger partial charge on any atom is -0.398 e. The number of fused-ring (bicyclic) bond motifs is 1. The maximum Gasteiger partial charge on any atom is 0.254 e. The SMILES string of the molecule is Nc1cccc2c1CCN(C(=O)c1ccc(I)c(Cl)c1)C2. The predicted molar refractivity (Wildman–Crippen MR) is 93.5 cm³/mol. The molecule has 5 heteroatoms. The topological polar surface area (TPSA) is 46.3 Å². The summed E-state index contributed by atoms with van der Waals surface area (Å²) in [6, 6.07) is 11.3. The summed E-state index contributed by atoms with van der Waals surface area (Å²) in [6.45, 7) is 1.28. The number of rotatable bonds is 1. The van der Waals surface area contributed by atoms with Gasteiger partial charge in [-0.15, -0.1) is 0 Å². The Morgan fingerprint density at radius 2 is 2.10 bits per heavy atom. The molecule has 0 aromatic heterocycles. The molecule has 1 amide bonds. The number of benzene rings is 2. The number of hydrogen-bond acceptors (Lipinski definition) is 2. The van der Waals surface area contributed by atoms with E-state index in [4.69, 9.17) is 17.3 Å². The van der Waals surface area contributed by atoms with Crippen LogP contribution >= 0.6 is 34.2 Å². The summed E-state index contributed by atoms with van der Waals surface area (Å²) in [5, 5.41) is 0.614. The number of hydrogen-bond donors (Lipinski definition) is 1. The van der Waals surface area contributed by atoms with Gasteiger partial charge in [-0.3, -0.25) is 4.79 Å².